The molecule has 0 heterocycles. The fraction of sp³-hybridized carbons (Fsp3) is 0.0588. The van der Waals surface area contributed by atoms with E-state index in [0.717, 1.165) is 0 Å². The zero-order chi connectivity index (χ0) is 15.9. The Morgan fingerprint density at radius 1 is 1.18 bits per heavy atom. The lowest BCUT2D eigenvalue weighted by atomic mass is 10.1. The molecule has 3 nitrogen and oxygen atoms in total. The molecule has 0 aliphatic heterocycles. The summed E-state index contributed by atoms with van der Waals surface area (Å²) in [5.41, 5.74) is 1.49. The van der Waals surface area contributed by atoms with Gasteiger partial charge in [-0.15, -0.1) is 0 Å². The third kappa shape index (κ3) is 4.11. The molecule has 0 bridgehead atoms. The second-order valence-electron chi connectivity index (χ2n) is 4.39. The van der Waals surface area contributed by atoms with Crippen molar-refractivity contribution in [2.75, 3.05) is 6.61 Å². The summed E-state index contributed by atoms with van der Waals surface area (Å²) >= 11 is 11.9. The number of rotatable bonds is 5. The second-order valence-corrected chi connectivity index (χ2v) is 5.24. The van der Waals surface area contributed by atoms with Crippen molar-refractivity contribution in [1.29, 1.82) is 5.26 Å². The average Bonchev–Trinajstić information content (AvgIpc) is 2.53. The van der Waals surface area contributed by atoms with E-state index in [2.05, 4.69) is 6.07 Å². The second kappa shape index (κ2) is 7.65. The highest BCUT2D eigenvalue weighted by Crippen LogP contribution is 2.23. The molecule has 0 N–H and O–H groups in total. The van der Waals surface area contributed by atoms with Crippen molar-refractivity contribution in [1.82, 2.24) is 0 Å². The van der Waals surface area contributed by atoms with E-state index in [1.54, 1.807) is 48.5 Å². The molecule has 0 aliphatic carbocycles. The Labute approximate surface area is 138 Å². The monoisotopic (exact) mass is 331 g/mol. The van der Waals surface area contributed by atoms with Gasteiger partial charge in [0.15, 0.2) is 6.29 Å². The first kappa shape index (κ1) is 16.1. The minimum absolute atomic E-state index is 0.0420. The highest BCUT2D eigenvalue weighted by molar-refractivity contribution is 6.35. The van der Waals surface area contributed by atoms with Crippen LogP contribution in [0.25, 0.3) is 6.08 Å². The molecule has 2 aromatic carbocycles. The summed E-state index contributed by atoms with van der Waals surface area (Å²) in [5, 5.41) is 10.2. The lowest BCUT2D eigenvalue weighted by molar-refractivity contribution is 0.112. The van der Waals surface area contributed by atoms with Crippen LogP contribution in [0.5, 0.6) is 5.75 Å². The van der Waals surface area contributed by atoms with Crippen LogP contribution >= 0.6 is 23.2 Å². The van der Waals surface area contributed by atoms with Gasteiger partial charge >= 0.3 is 0 Å². The fourth-order valence-corrected chi connectivity index (χ4v) is 2.24. The van der Waals surface area contributed by atoms with Crippen LogP contribution in [0.15, 0.2) is 48.0 Å². The third-order valence-corrected chi connectivity index (χ3v) is 3.43. The summed E-state index contributed by atoms with van der Waals surface area (Å²) in [4.78, 5) is 10.9. The van der Waals surface area contributed by atoms with Crippen molar-refractivity contribution in [3.8, 4) is 11.8 Å². The molecule has 0 fully saturated rings. The van der Waals surface area contributed by atoms with Crippen molar-refractivity contribution in [2.45, 2.75) is 0 Å². The predicted octanol–water partition coefficient (Wildman–Crippen LogP) is 4.79. The van der Waals surface area contributed by atoms with Gasteiger partial charge in [-0.25, -0.2) is 0 Å². The summed E-state index contributed by atoms with van der Waals surface area (Å²) < 4.78 is 5.53. The molecule has 0 atom stereocenters. The first-order valence-electron chi connectivity index (χ1n) is 6.37. The molecule has 2 aromatic rings. The first-order valence-corrected chi connectivity index (χ1v) is 7.12. The van der Waals surface area contributed by atoms with Crippen LogP contribution in [0.1, 0.15) is 15.9 Å². The van der Waals surface area contributed by atoms with E-state index in [0.29, 0.717) is 38.8 Å². The Balaban J connectivity index is 2.17. The maximum atomic E-state index is 10.9. The van der Waals surface area contributed by atoms with E-state index in [-0.39, 0.29) is 6.61 Å². The molecule has 0 aliphatic rings. The molecule has 0 saturated carbocycles. The van der Waals surface area contributed by atoms with Crippen LogP contribution in [0.4, 0.5) is 0 Å². The lowest BCUT2D eigenvalue weighted by Gasteiger charge is -2.07. The number of hydrogen-bond acceptors (Lipinski definition) is 3. The maximum Gasteiger partial charge on any atom is 0.153 e. The summed E-state index contributed by atoms with van der Waals surface area (Å²) in [6.07, 6.45) is 2.34. The largest absolute Gasteiger partial charge is 0.487 e. The zero-order valence-corrected chi connectivity index (χ0v) is 12.9. The Kier molecular flexibility index (Phi) is 5.60. The van der Waals surface area contributed by atoms with Gasteiger partial charge in [-0.3, -0.25) is 4.79 Å². The van der Waals surface area contributed by atoms with E-state index in [9.17, 15) is 10.1 Å². The number of aldehydes is 1. The van der Waals surface area contributed by atoms with Gasteiger partial charge in [0.2, 0.25) is 0 Å². The fourth-order valence-electron chi connectivity index (χ4n) is 1.78. The van der Waals surface area contributed by atoms with Gasteiger partial charge in [0, 0.05) is 10.0 Å². The topological polar surface area (TPSA) is 50.1 Å². The summed E-state index contributed by atoms with van der Waals surface area (Å²) in [6, 6.07) is 13.9. The van der Waals surface area contributed by atoms with Gasteiger partial charge in [-0.1, -0.05) is 41.4 Å². The number of hydrogen-bond donors (Lipinski definition) is 0. The molecule has 0 aromatic heterocycles. The molecule has 0 unspecified atom stereocenters. The highest BCUT2D eigenvalue weighted by atomic mass is 35.5. The molecule has 110 valence electrons. The van der Waals surface area contributed by atoms with Crippen LogP contribution in [0, 0.1) is 11.3 Å². The standard InChI is InChI=1S/C17H11Cl2NO2/c18-15-6-5-13(16(19)8-15)7-12(9-20)11-22-17-4-2-1-3-14(17)10-21/h1-8,10H,11H2/b12-7+. The van der Waals surface area contributed by atoms with Gasteiger partial charge in [0.25, 0.3) is 0 Å². The number of para-hydroxylation sites is 1. The highest BCUT2D eigenvalue weighted by Gasteiger charge is 2.05. The van der Waals surface area contributed by atoms with Crippen LogP contribution in [0.2, 0.25) is 10.0 Å². The summed E-state index contributed by atoms with van der Waals surface area (Å²) in [5.74, 6) is 0.431. The van der Waals surface area contributed by atoms with Gasteiger partial charge in [-0.2, -0.15) is 5.26 Å². The molecule has 0 amide bonds. The Bertz CT molecular complexity index is 763. The smallest absolute Gasteiger partial charge is 0.153 e. The number of benzene rings is 2. The molecule has 2 rings (SSSR count). The molecule has 0 spiro atoms. The van der Waals surface area contributed by atoms with E-state index < -0.39 is 0 Å². The van der Waals surface area contributed by atoms with Crippen molar-refractivity contribution < 1.29 is 9.53 Å². The van der Waals surface area contributed by atoms with Crippen LogP contribution < -0.4 is 4.74 Å². The number of nitrogens with zero attached hydrogens (tertiary/aromatic N) is 1. The average molecular weight is 332 g/mol. The van der Waals surface area contributed by atoms with E-state index >= 15 is 0 Å². The van der Waals surface area contributed by atoms with E-state index in [1.165, 1.54) is 0 Å². The van der Waals surface area contributed by atoms with Gasteiger partial charge in [0.05, 0.1) is 17.2 Å². The van der Waals surface area contributed by atoms with Crippen molar-refractivity contribution in [3.63, 3.8) is 0 Å². The zero-order valence-electron chi connectivity index (χ0n) is 11.4. The minimum Gasteiger partial charge on any atom is -0.487 e. The summed E-state index contributed by atoms with van der Waals surface area (Å²) in [6.45, 7) is 0.0420. The molecule has 0 saturated heterocycles. The van der Waals surface area contributed by atoms with Crippen molar-refractivity contribution in [2.24, 2.45) is 0 Å². The SMILES string of the molecule is N#C/C(=C\c1ccc(Cl)cc1Cl)COc1ccccc1C=O. The number of halogens is 2. The quantitative estimate of drug-likeness (QED) is 0.584. The maximum absolute atomic E-state index is 10.9. The van der Waals surface area contributed by atoms with Crippen LogP contribution in [-0.4, -0.2) is 12.9 Å². The molecular weight excluding hydrogens is 321 g/mol. The number of nitriles is 1. The molecular formula is C17H11Cl2NO2. The van der Waals surface area contributed by atoms with Gasteiger partial charge in [-0.05, 0) is 35.9 Å². The van der Waals surface area contributed by atoms with E-state index in [4.69, 9.17) is 27.9 Å². The Morgan fingerprint density at radius 3 is 2.64 bits per heavy atom. The van der Waals surface area contributed by atoms with E-state index in [1.807, 2.05) is 0 Å². The van der Waals surface area contributed by atoms with Crippen molar-refractivity contribution >= 4 is 35.6 Å². The minimum atomic E-state index is 0.0420. The number of ether oxygens (including phenoxy) is 1. The van der Waals surface area contributed by atoms with Crippen LogP contribution in [-0.2, 0) is 0 Å². The predicted molar refractivity (Wildman–Crippen MR) is 87.4 cm³/mol. The van der Waals surface area contributed by atoms with Crippen LogP contribution in [0.3, 0.4) is 0 Å². The molecule has 22 heavy (non-hydrogen) atoms. The Morgan fingerprint density at radius 2 is 1.95 bits per heavy atom. The third-order valence-electron chi connectivity index (χ3n) is 2.86. The van der Waals surface area contributed by atoms with Gasteiger partial charge in [0.1, 0.15) is 12.4 Å². The molecule has 5 heteroatoms. The Hall–Kier alpha value is -2.28. The number of carbonyl (C=O) groups excluding carboxylic acids is 1. The summed E-state index contributed by atoms with van der Waals surface area (Å²) in [7, 11) is 0. The molecule has 0 radical (unpaired) electrons. The normalized spacial score (nSPS) is 10.9. The van der Waals surface area contributed by atoms with Crippen molar-refractivity contribution in [3.05, 3.63) is 69.2 Å². The lowest BCUT2D eigenvalue weighted by Crippen LogP contribution is -2.02. The van der Waals surface area contributed by atoms with Gasteiger partial charge < -0.3 is 4.74 Å². The number of carbonyl (C=O) groups is 1. The first-order chi connectivity index (χ1) is 10.6.